The van der Waals surface area contributed by atoms with E-state index in [1.54, 1.807) is 17.0 Å². The van der Waals surface area contributed by atoms with Crippen LogP contribution in [-0.4, -0.2) is 12.1 Å². The second-order valence-electron chi connectivity index (χ2n) is 6.49. The largest absolute Gasteiger partial charge is 0.364 e. The van der Waals surface area contributed by atoms with E-state index in [1.165, 1.54) is 12.1 Å². The van der Waals surface area contributed by atoms with Crippen LogP contribution >= 0.6 is 0 Å². The number of carbonyl (C=O) groups is 1. The Bertz CT molecular complexity index is 924. The maximum absolute atomic E-state index is 13.4. The Balaban J connectivity index is 1.81. The molecule has 130 valence electrons. The number of nitrogens with zero attached hydrogens (tertiary/aromatic N) is 1. The summed E-state index contributed by atoms with van der Waals surface area (Å²) in [6, 6.07) is 23.6. The molecule has 1 heterocycles. The quantitative estimate of drug-likeness (QED) is 0.721. The van der Waals surface area contributed by atoms with Crippen LogP contribution in [0.3, 0.4) is 0 Å². The summed E-state index contributed by atoms with van der Waals surface area (Å²) in [6.07, 6.45) is -0.273. The predicted molar refractivity (Wildman–Crippen MR) is 102 cm³/mol. The van der Waals surface area contributed by atoms with Crippen LogP contribution in [0.15, 0.2) is 78.9 Å². The lowest BCUT2D eigenvalue weighted by molar-refractivity contribution is 0.0972. The summed E-state index contributed by atoms with van der Waals surface area (Å²) in [7, 11) is 0. The van der Waals surface area contributed by atoms with Gasteiger partial charge in [0.25, 0.3) is 5.91 Å². The van der Waals surface area contributed by atoms with Crippen LogP contribution in [0.1, 0.15) is 28.8 Å². The first kappa shape index (κ1) is 16.3. The molecule has 0 unspecified atom stereocenters. The van der Waals surface area contributed by atoms with E-state index < -0.39 is 0 Å². The lowest BCUT2D eigenvalue weighted by atomic mass is 9.93. The maximum Gasteiger partial charge on any atom is 0.262 e. The molecule has 0 aromatic heterocycles. The van der Waals surface area contributed by atoms with Crippen LogP contribution in [0.2, 0.25) is 0 Å². The Morgan fingerprint density at radius 3 is 2.31 bits per heavy atom. The first-order chi connectivity index (χ1) is 12.6. The molecule has 0 radical (unpaired) electrons. The average Bonchev–Trinajstić information content (AvgIpc) is 2.69. The Morgan fingerprint density at radius 1 is 0.923 bits per heavy atom. The number of para-hydroxylation sites is 1. The van der Waals surface area contributed by atoms with Crippen molar-refractivity contribution in [1.82, 2.24) is 0 Å². The highest BCUT2D eigenvalue weighted by molar-refractivity contribution is 6.12. The number of benzene rings is 3. The highest BCUT2D eigenvalue weighted by atomic mass is 19.1. The third kappa shape index (κ3) is 2.84. The molecular formula is C22H19FN2O. The minimum absolute atomic E-state index is 0.0403. The molecule has 1 amide bonds. The van der Waals surface area contributed by atoms with Crippen molar-refractivity contribution in [3.8, 4) is 0 Å². The van der Waals surface area contributed by atoms with Gasteiger partial charge in [-0.05, 0) is 42.0 Å². The van der Waals surface area contributed by atoms with Gasteiger partial charge in [0.15, 0.2) is 0 Å². The zero-order chi connectivity index (χ0) is 18.1. The van der Waals surface area contributed by atoms with Crippen molar-refractivity contribution in [1.29, 1.82) is 0 Å². The third-order valence-electron chi connectivity index (χ3n) is 4.86. The minimum atomic E-state index is -0.320. The highest BCUT2D eigenvalue weighted by Crippen LogP contribution is 2.35. The number of halogens is 1. The van der Waals surface area contributed by atoms with Gasteiger partial charge in [-0.15, -0.1) is 0 Å². The van der Waals surface area contributed by atoms with E-state index in [2.05, 4.69) is 24.4 Å². The van der Waals surface area contributed by atoms with Crippen molar-refractivity contribution in [2.45, 2.75) is 19.0 Å². The van der Waals surface area contributed by atoms with Gasteiger partial charge in [0.1, 0.15) is 12.0 Å². The van der Waals surface area contributed by atoms with E-state index in [0.717, 1.165) is 11.3 Å². The molecule has 2 atom stereocenters. The van der Waals surface area contributed by atoms with Crippen molar-refractivity contribution in [2.24, 2.45) is 0 Å². The number of carbonyl (C=O) groups excluding carboxylic acids is 1. The summed E-state index contributed by atoms with van der Waals surface area (Å²) in [5.41, 5.74) is 3.24. The van der Waals surface area contributed by atoms with E-state index >= 15 is 0 Å². The molecule has 0 saturated heterocycles. The summed E-state index contributed by atoms with van der Waals surface area (Å²) in [6.45, 7) is 2.09. The predicted octanol–water partition coefficient (Wildman–Crippen LogP) is 5.03. The average molecular weight is 346 g/mol. The molecule has 1 aliphatic heterocycles. The van der Waals surface area contributed by atoms with Gasteiger partial charge in [0, 0.05) is 17.3 Å². The van der Waals surface area contributed by atoms with Gasteiger partial charge >= 0.3 is 0 Å². The number of rotatable bonds is 3. The first-order valence-electron chi connectivity index (χ1n) is 8.65. The van der Waals surface area contributed by atoms with Crippen LogP contribution in [0.25, 0.3) is 0 Å². The van der Waals surface area contributed by atoms with Gasteiger partial charge < -0.3 is 5.32 Å². The van der Waals surface area contributed by atoms with Gasteiger partial charge in [-0.25, -0.2) is 4.39 Å². The number of hydrogen-bond acceptors (Lipinski definition) is 2. The molecule has 1 aliphatic rings. The molecule has 1 N–H and O–H groups in total. The Kier molecular flexibility index (Phi) is 4.17. The summed E-state index contributed by atoms with van der Waals surface area (Å²) >= 11 is 0. The fraction of sp³-hybridized carbons (Fsp3) is 0.136. The van der Waals surface area contributed by atoms with Crippen LogP contribution in [0, 0.1) is 5.82 Å². The van der Waals surface area contributed by atoms with Crippen LogP contribution in [0.4, 0.5) is 15.8 Å². The molecule has 0 fully saturated rings. The summed E-state index contributed by atoms with van der Waals surface area (Å²) in [4.78, 5) is 15.0. The highest BCUT2D eigenvalue weighted by Gasteiger charge is 2.36. The van der Waals surface area contributed by atoms with E-state index in [-0.39, 0.29) is 23.8 Å². The zero-order valence-corrected chi connectivity index (χ0v) is 14.4. The second kappa shape index (κ2) is 6.64. The van der Waals surface area contributed by atoms with Crippen molar-refractivity contribution in [2.75, 3.05) is 10.2 Å². The molecule has 0 aliphatic carbocycles. The van der Waals surface area contributed by atoms with E-state index in [0.29, 0.717) is 11.3 Å². The molecule has 0 spiro atoms. The Hall–Kier alpha value is -3.14. The van der Waals surface area contributed by atoms with E-state index in [9.17, 15) is 9.18 Å². The number of anilines is 2. The molecule has 3 aromatic rings. The standard InChI is InChI=1S/C22H19FN2O/c1-15(16-7-3-2-4-8-16)21-24-20-10-6-5-9-19(20)22(26)25(21)18-13-11-17(23)12-14-18/h2-15,21,24H,1H3/t15-,21-/m0/s1. The zero-order valence-electron chi connectivity index (χ0n) is 14.4. The summed E-state index contributed by atoms with van der Waals surface area (Å²) in [5, 5.41) is 3.50. The Labute approximate surface area is 152 Å². The van der Waals surface area contributed by atoms with Crippen molar-refractivity contribution in [3.63, 3.8) is 0 Å². The molecule has 3 aromatic carbocycles. The number of hydrogen-bond donors (Lipinski definition) is 1. The second-order valence-corrected chi connectivity index (χ2v) is 6.49. The number of amides is 1. The SMILES string of the molecule is C[C@@H](c1ccccc1)[C@H]1Nc2ccccc2C(=O)N1c1ccc(F)cc1. The van der Waals surface area contributed by atoms with Gasteiger partial charge in [-0.1, -0.05) is 49.4 Å². The number of fused-ring (bicyclic) bond motifs is 1. The van der Waals surface area contributed by atoms with Crippen LogP contribution in [-0.2, 0) is 0 Å². The maximum atomic E-state index is 13.4. The van der Waals surface area contributed by atoms with Crippen molar-refractivity contribution < 1.29 is 9.18 Å². The molecule has 0 bridgehead atoms. The molecular weight excluding hydrogens is 327 g/mol. The number of nitrogens with one attached hydrogen (secondary N) is 1. The molecule has 4 rings (SSSR count). The lowest BCUT2D eigenvalue weighted by Gasteiger charge is -2.41. The smallest absolute Gasteiger partial charge is 0.262 e. The topological polar surface area (TPSA) is 32.3 Å². The molecule has 3 nitrogen and oxygen atoms in total. The lowest BCUT2D eigenvalue weighted by Crippen LogP contribution is -2.51. The van der Waals surface area contributed by atoms with Gasteiger partial charge in [-0.2, -0.15) is 0 Å². The monoisotopic (exact) mass is 346 g/mol. The fourth-order valence-corrected chi connectivity index (χ4v) is 3.44. The van der Waals surface area contributed by atoms with Crippen LogP contribution in [0.5, 0.6) is 0 Å². The summed E-state index contributed by atoms with van der Waals surface area (Å²) in [5.74, 6) is -0.364. The Morgan fingerprint density at radius 2 is 1.58 bits per heavy atom. The van der Waals surface area contributed by atoms with Gasteiger partial charge in [0.2, 0.25) is 0 Å². The minimum Gasteiger partial charge on any atom is -0.364 e. The third-order valence-corrected chi connectivity index (χ3v) is 4.86. The summed E-state index contributed by atoms with van der Waals surface area (Å²) < 4.78 is 13.4. The van der Waals surface area contributed by atoms with Gasteiger partial charge in [0.05, 0.1) is 5.56 Å². The van der Waals surface area contributed by atoms with Gasteiger partial charge in [-0.3, -0.25) is 9.69 Å². The van der Waals surface area contributed by atoms with E-state index in [1.807, 2.05) is 42.5 Å². The normalized spacial score (nSPS) is 17.4. The van der Waals surface area contributed by atoms with Crippen molar-refractivity contribution in [3.05, 3.63) is 95.8 Å². The fourth-order valence-electron chi connectivity index (χ4n) is 3.44. The van der Waals surface area contributed by atoms with E-state index in [4.69, 9.17) is 0 Å². The molecule has 0 saturated carbocycles. The first-order valence-corrected chi connectivity index (χ1v) is 8.65. The van der Waals surface area contributed by atoms with Crippen LogP contribution < -0.4 is 10.2 Å². The molecule has 26 heavy (non-hydrogen) atoms. The molecule has 4 heteroatoms. The van der Waals surface area contributed by atoms with Crippen molar-refractivity contribution >= 4 is 17.3 Å².